The minimum Gasteiger partial charge on any atom is -0.300 e. The third kappa shape index (κ3) is 10.7. The van der Waals surface area contributed by atoms with Crippen molar-refractivity contribution in [2.75, 3.05) is 0 Å². The van der Waals surface area contributed by atoms with E-state index in [1.807, 2.05) is 0 Å². The van der Waals surface area contributed by atoms with Crippen LogP contribution < -0.4 is 0 Å². The Labute approximate surface area is 54.3 Å². The van der Waals surface area contributed by atoms with Crippen LogP contribution in [0.3, 0.4) is 0 Å². The largest absolute Gasteiger partial charge is 0.300 e. The maximum absolute atomic E-state index is 9.97. The molecule has 2 heteroatoms. The first-order valence-electron chi connectivity index (χ1n) is 1.87. The summed E-state index contributed by atoms with van der Waals surface area (Å²) in [4.78, 5) is 9.97. The first-order chi connectivity index (χ1) is 2.77. The summed E-state index contributed by atoms with van der Waals surface area (Å²) in [5.41, 5.74) is 0. The zero-order valence-corrected chi connectivity index (χ0v) is 5.36. The molecule has 0 aromatic carbocycles. The van der Waals surface area contributed by atoms with Crippen LogP contribution in [0.5, 0.6) is 0 Å². The van der Waals surface area contributed by atoms with E-state index in [-0.39, 0.29) is 22.9 Å². The Kier molecular flexibility index (Phi) is 8.49. The van der Waals surface area contributed by atoms with E-state index in [1.165, 1.54) is 0 Å². The minimum atomic E-state index is 0. The van der Waals surface area contributed by atoms with Crippen LogP contribution in [0.25, 0.3) is 0 Å². The molecule has 0 heterocycles. The SMILES string of the molecule is C=CCC(C)=O.[Fe]. The van der Waals surface area contributed by atoms with Crippen LogP contribution in [0.1, 0.15) is 13.3 Å². The van der Waals surface area contributed by atoms with E-state index >= 15 is 0 Å². The molecule has 0 rings (SSSR count). The van der Waals surface area contributed by atoms with Gasteiger partial charge in [0.05, 0.1) is 0 Å². The summed E-state index contributed by atoms with van der Waals surface area (Å²) in [6.45, 7) is 4.92. The van der Waals surface area contributed by atoms with Gasteiger partial charge in [0.25, 0.3) is 0 Å². The van der Waals surface area contributed by atoms with Crippen molar-refractivity contribution in [1.29, 1.82) is 0 Å². The number of carbonyl (C=O) groups is 1. The molecule has 42 valence electrons. The Morgan fingerprint density at radius 1 is 1.86 bits per heavy atom. The Morgan fingerprint density at radius 3 is 2.29 bits per heavy atom. The van der Waals surface area contributed by atoms with Crippen molar-refractivity contribution in [2.45, 2.75) is 13.3 Å². The molecule has 0 aromatic rings. The van der Waals surface area contributed by atoms with Crippen molar-refractivity contribution in [1.82, 2.24) is 0 Å². The molecule has 0 aliphatic heterocycles. The zero-order valence-electron chi connectivity index (χ0n) is 4.25. The molecule has 0 radical (unpaired) electrons. The summed E-state index contributed by atoms with van der Waals surface area (Å²) in [7, 11) is 0. The van der Waals surface area contributed by atoms with Crippen LogP contribution in [0, 0.1) is 0 Å². The second-order valence-corrected chi connectivity index (χ2v) is 1.19. The number of Topliss-reactive ketones (excluding diaryl/α,β-unsaturated/α-hetero) is 1. The number of hydrogen-bond donors (Lipinski definition) is 0. The Bertz CT molecular complexity index is 68.5. The summed E-state index contributed by atoms with van der Waals surface area (Å²) in [6.07, 6.45) is 2.10. The predicted molar refractivity (Wildman–Crippen MR) is 25.5 cm³/mol. The fraction of sp³-hybridized carbons (Fsp3) is 0.400. The van der Waals surface area contributed by atoms with Gasteiger partial charge in [-0.3, -0.25) is 4.79 Å². The molecule has 0 unspecified atom stereocenters. The van der Waals surface area contributed by atoms with Crippen LogP contribution in [-0.2, 0) is 21.9 Å². The summed E-state index contributed by atoms with van der Waals surface area (Å²) in [5, 5.41) is 0. The monoisotopic (exact) mass is 140 g/mol. The topological polar surface area (TPSA) is 17.1 Å². The van der Waals surface area contributed by atoms with Crippen molar-refractivity contribution in [3.8, 4) is 0 Å². The van der Waals surface area contributed by atoms with Gasteiger partial charge in [-0.2, -0.15) is 0 Å². The summed E-state index contributed by atoms with van der Waals surface area (Å²) < 4.78 is 0. The maximum Gasteiger partial charge on any atom is 0.133 e. The number of hydrogen-bond acceptors (Lipinski definition) is 1. The second-order valence-electron chi connectivity index (χ2n) is 1.19. The molecule has 0 atom stereocenters. The molecule has 0 bridgehead atoms. The van der Waals surface area contributed by atoms with Gasteiger partial charge in [-0.05, 0) is 6.92 Å². The van der Waals surface area contributed by atoms with Crippen LogP contribution in [0.15, 0.2) is 12.7 Å². The molecule has 0 fully saturated rings. The Balaban J connectivity index is 0. The van der Waals surface area contributed by atoms with E-state index in [1.54, 1.807) is 13.0 Å². The van der Waals surface area contributed by atoms with Gasteiger partial charge in [-0.25, -0.2) is 0 Å². The van der Waals surface area contributed by atoms with E-state index in [0.717, 1.165) is 0 Å². The van der Waals surface area contributed by atoms with Crippen molar-refractivity contribution >= 4 is 5.78 Å². The number of ketones is 1. The molecular weight excluding hydrogens is 132 g/mol. The average molecular weight is 140 g/mol. The fourth-order valence-electron chi connectivity index (χ4n) is 0.203. The van der Waals surface area contributed by atoms with Gasteiger partial charge in [0.2, 0.25) is 0 Å². The van der Waals surface area contributed by atoms with Crippen molar-refractivity contribution in [3.63, 3.8) is 0 Å². The third-order valence-electron chi connectivity index (χ3n) is 0.432. The third-order valence-corrected chi connectivity index (χ3v) is 0.432. The average Bonchev–Trinajstić information content (AvgIpc) is 1.35. The number of rotatable bonds is 2. The molecular formula is C5H8FeO. The van der Waals surface area contributed by atoms with E-state index in [4.69, 9.17) is 0 Å². The molecule has 0 aromatic heterocycles. The summed E-state index contributed by atoms with van der Waals surface area (Å²) in [5.74, 6) is 0.171. The molecule has 1 nitrogen and oxygen atoms in total. The van der Waals surface area contributed by atoms with E-state index < -0.39 is 0 Å². The van der Waals surface area contributed by atoms with Crippen LogP contribution >= 0.6 is 0 Å². The molecule has 0 aliphatic carbocycles. The van der Waals surface area contributed by atoms with E-state index in [2.05, 4.69) is 6.58 Å². The molecule has 7 heavy (non-hydrogen) atoms. The van der Waals surface area contributed by atoms with Crippen LogP contribution in [0.4, 0.5) is 0 Å². The summed E-state index contributed by atoms with van der Waals surface area (Å²) in [6, 6.07) is 0. The second kappa shape index (κ2) is 5.93. The minimum absolute atomic E-state index is 0. The van der Waals surface area contributed by atoms with Gasteiger partial charge < -0.3 is 0 Å². The standard InChI is InChI=1S/C5H8O.Fe/c1-3-4-5(2)6;/h3H,1,4H2,2H3;. The number of allylic oxidation sites excluding steroid dienone is 1. The van der Waals surface area contributed by atoms with Crippen molar-refractivity contribution in [3.05, 3.63) is 12.7 Å². The van der Waals surface area contributed by atoms with Gasteiger partial charge in [0.1, 0.15) is 5.78 Å². The molecule has 0 spiro atoms. The smallest absolute Gasteiger partial charge is 0.133 e. The Hall–Kier alpha value is -0.0705. The van der Waals surface area contributed by atoms with Crippen LogP contribution in [-0.4, -0.2) is 5.78 Å². The van der Waals surface area contributed by atoms with E-state index in [9.17, 15) is 4.79 Å². The normalized spacial score (nSPS) is 6.43. The van der Waals surface area contributed by atoms with Gasteiger partial charge in [-0.15, -0.1) is 6.58 Å². The number of carbonyl (C=O) groups excluding carboxylic acids is 1. The first-order valence-corrected chi connectivity index (χ1v) is 1.87. The van der Waals surface area contributed by atoms with Gasteiger partial charge in [0.15, 0.2) is 0 Å². The molecule has 0 saturated heterocycles. The Morgan fingerprint density at radius 2 is 2.29 bits per heavy atom. The maximum atomic E-state index is 9.97. The summed E-state index contributed by atoms with van der Waals surface area (Å²) >= 11 is 0. The molecule has 0 amide bonds. The first kappa shape index (κ1) is 10.0. The van der Waals surface area contributed by atoms with Crippen molar-refractivity contribution in [2.24, 2.45) is 0 Å². The molecule has 0 saturated carbocycles. The van der Waals surface area contributed by atoms with Gasteiger partial charge in [0, 0.05) is 23.5 Å². The van der Waals surface area contributed by atoms with Crippen LogP contribution in [0.2, 0.25) is 0 Å². The van der Waals surface area contributed by atoms with E-state index in [0.29, 0.717) is 6.42 Å². The molecule has 0 aliphatic rings. The predicted octanol–water partition coefficient (Wildman–Crippen LogP) is 1.15. The zero-order chi connectivity index (χ0) is 4.99. The van der Waals surface area contributed by atoms with Crippen molar-refractivity contribution < 1.29 is 21.9 Å². The fourth-order valence-corrected chi connectivity index (χ4v) is 0.203. The quantitative estimate of drug-likeness (QED) is 0.415. The van der Waals surface area contributed by atoms with Gasteiger partial charge >= 0.3 is 0 Å². The molecule has 0 N–H and O–H groups in total. The van der Waals surface area contributed by atoms with Gasteiger partial charge in [-0.1, -0.05) is 6.08 Å².